The molecule has 2 aliphatic heterocycles. The Morgan fingerprint density at radius 2 is 1.93 bits per heavy atom. The van der Waals surface area contributed by atoms with Gasteiger partial charge in [-0.1, -0.05) is 6.07 Å². The Morgan fingerprint density at radius 1 is 1.20 bits per heavy atom. The number of ether oxygens (including phenoxy) is 1. The Kier molecular flexibility index (Phi) is 6.76. The van der Waals surface area contributed by atoms with Gasteiger partial charge in [-0.05, 0) is 43.5 Å². The Bertz CT molecular complexity index is 813. The third-order valence-corrected chi connectivity index (χ3v) is 5.15. The molecule has 2 aromatic rings. The number of alkyl halides is 3. The molecule has 2 N–H and O–H groups in total. The lowest BCUT2D eigenvalue weighted by Crippen LogP contribution is -2.44. The molecule has 2 fully saturated rings. The molecule has 7 nitrogen and oxygen atoms in total. The predicted octanol–water partition coefficient (Wildman–Crippen LogP) is 3.35. The smallest absolute Gasteiger partial charge is 0.475 e. The first-order chi connectivity index (χ1) is 14.3. The number of piperidine rings is 1. The Morgan fingerprint density at radius 3 is 2.50 bits per heavy atom. The Hall–Kier alpha value is -2.88. The Balaban J connectivity index is 0.000000318. The molecular weight excluding hydrogens is 401 g/mol. The molecule has 10 heteroatoms. The second-order valence-corrected chi connectivity index (χ2v) is 7.26. The van der Waals surface area contributed by atoms with E-state index >= 15 is 0 Å². The number of nitrogens with zero attached hydrogens (tertiary/aromatic N) is 3. The van der Waals surface area contributed by atoms with Crippen LogP contribution >= 0.6 is 0 Å². The molecule has 0 bridgehead atoms. The number of carboxylic acids is 1. The summed E-state index contributed by atoms with van der Waals surface area (Å²) in [7, 11) is 0. The van der Waals surface area contributed by atoms with Gasteiger partial charge in [-0.25, -0.2) is 9.78 Å². The summed E-state index contributed by atoms with van der Waals surface area (Å²) in [5.41, 5.74) is 1.24. The van der Waals surface area contributed by atoms with Crippen LogP contribution in [0.15, 0.2) is 48.9 Å². The van der Waals surface area contributed by atoms with Gasteiger partial charge < -0.3 is 20.1 Å². The third kappa shape index (κ3) is 5.82. The van der Waals surface area contributed by atoms with E-state index in [0.717, 1.165) is 44.8 Å². The average molecular weight is 424 g/mol. The monoisotopic (exact) mass is 424 g/mol. The van der Waals surface area contributed by atoms with Gasteiger partial charge >= 0.3 is 12.1 Å². The summed E-state index contributed by atoms with van der Waals surface area (Å²) in [4.78, 5) is 19.9. The van der Waals surface area contributed by atoms with Gasteiger partial charge in [0.2, 0.25) is 0 Å². The van der Waals surface area contributed by atoms with Crippen LogP contribution < -0.4 is 10.2 Å². The summed E-state index contributed by atoms with van der Waals surface area (Å²) in [5.74, 6) is -1.82. The molecule has 0 saturated carbocycles. The largest absolute Gasteiger partial charge is 0.490 e. The van der Waals surface area contributed by atoms with E-state index in [9.17, 15) is 13.2 Å². The van der Waals surface area contributed by atoms with Gasteiger partial charge in [-0.2, -0.15) is 13.2 Å². The molecule has 4 rings (SSSR count). The number of aliphatic carboxylic acids is 1. The predicted molar refractivity (Wildman–Crippen MR) is 104 cm³/mol. The zero-order valence-electron chi connectivity index (χ0n) is 16.2. The van der Waals surface area contributed by atoms with Crippen LogP contribution in [0, 0.1) is 0 Å². The molecular formula is C20H23F3N4O3. The molecule has 1 atom stereocenters. The maximum absolute atomic E-state index is 10.6. The molecule has 30 heavy (non-hydrogen) atoms. The number of carbonyl (C=O) groups is 1. The van der Waals surface area contributed by atoms with E-state index < -0.39 is 12.1 Å². The van der Waals surface area contributed by atoms with Crippen molar-refractivity contribution >= 4 is 17.5 Å². The molecule has 2 aliphatic rings. The molecule has 4 heterocycles. The van der Waals surface area contributed by atoms with Crippen molar-refractivity contribution < 1.29 is 27.8 Å². The lowest BCUT2D eigenvalue weighted by Gasteiger charge is -2.39. The van der Waals surface area contributed by atoms with Crippen LogP contribution in [-0.2, 0) is 9.53 Å². The van der Waals surface area contributed by atoms with Crippen molar-refractivity contribution in [3.63, 3.8) is 0 Å². The highest BCUT2D eigenvalue weighted by molar-refractivity contribution is 5.73. The van der Waals surface area contributed by atoms with Crippen molar-refractivity contribution in [1.82, 2.24) is 9.97 Å². The van der Waals surface area contributed by atoms with Gasteiger partial charge in [-0.15, -0.1) is 0 Å². The van der Waals surface area contributed by atoms with Crippen molar-refractivity contribution in [2.45, 2.75) is 37.1 Å². The van der Waals surface area contributed by atoms with Gasteiger partial charge in [0.25, 0.3) is 0 Å². The summed E-state index contributed by atoms with van der Waals surface area (Å²) in [6.45, 7) is 2.83. The summed E-state index contributed by atoms with van der Waals surface area (Å²) in [6.07, 6.45) is 3.71. The van der Waals surface area contributed by atoms with Crippen LogP contribution in [0.2, 0.25) is 0 Å². The van der Waals surface area contributed by atoms with Gasteiger partial charge in [0.05, 0.1) is 30.1 Å². The highest BCUT2D eigenvalue weighted by atomic mass is 19.4. The summed E-state index contributed by atoms with van der Waals surface area (Å²) in [6, 6.07) is 10.4. The lowest BCUT2D eigenvalue weighted by atomic mass is 9.87. The van der Waals surface area contributed by atoms with E-state index in [4.69, 9.17) is 14.6 Å². The van der Waals surface area contributed by atoms with E-state index in [1.165, 1.54) is 5.69 Å². The molecule has 0 aliphatic carbocycles. The first-order valence-electron chi connectivity index (χ1n) is 9.54. The van der Waals surface area contributed by atoms with E-state index in [1.807, 2.05) is 42.9 Å². The fourth-order valence-electron chi connectivity index (χ4n) is 3.66. The van der Waals surface area contributed by atoms with Crippen LogP contribution in [0.5, 0.6) is 0 Å². The van der Waals surface area contributed by atoms with E-state index in [-0.39, 0.29) is 5.60 Å². The third-order valence-electron chi connectivity index (χ3n) is 5.15. The second-order valence-electron chi connectivity index (χ2n) is 7.26. The molecule has 0 aromatic carbocycles. The summed E-state index contributed by atoms with van der Waals surface area (Å²) >= 11 is 0. The van der Waals surface area contributed by atoms with Crippen LogP contribution in [0.4, 0.5) is 24.7 Å². The minimum absolute atomic E-state index is 0.0329. The van der Waals surface area contributed by atoms with E-state index in [0.29, 0.717) is 6.04 Å². The van der Waals surface area contributed by atoms with Crippen LogP contribution in [-0.4, -0.2) is 58.6 Å². The first-order valence-corrected chi connectivity index (χ1v) is 9.54. The molecule has 2 aromatic heterocycles. The molecule has 0 radical (unpaired) electrons. The van der Waals surface area contributed by atoms with Crippen molar-refractivity contribution in [2.75, 3.05) is 29.9 Å². The fourth-order valence-corrected chi connectivity index (χ4v) is 3.66. The molecule has 2 saturated heterocycles. The van der Waals surface area contributed by atoms with Crippen molar-refractivity contribution in [2.24, 2.45) is 0 Å². The van der Waals surface area contributed by atoms with Crippen molar-refractivity contribution in [3.05, 3.63) is 48.9 Å². The van der Waals surface area contributed by atoms with E-state index in [2.05, 4.69) is 26.3 Å². The maximum Gasteiger partial charge on any atom is 0.490 e. The standard InChI is InChI=1S/C18H22N4O.C2HF3O2/c1-2-9-20-17(5-1)21-15-12-18(23-14-15)6-10-22(11-7-18)16-4-3-8-19-13-16;3-2(4,5)1(6)7/h1-5,8-9,13,15H,6-7,10-12,14H2,(H,20,21);(H,6,7). The number of hydrogen-bond acceptors (Lipinski definition) is 6. The zero-order valence-corrected chi connectivity index (χ0v) is 16.2. The van der Waals surface area contributed by atoms with Crippen LogP contribution in [0.25, 0.3) is 0 Å². The lowest BCUT2D eigenvalue weighted by molar-refractivity contribution is -0.192. The number of hydrogen-bond donors (Lipinski definition) is 2. The van der Waals surface area contributed by atoms with Gasteiger partial charge in [-0.3, -0.25) is 4.98 Å². The minimum Gasteiger partial charge on any atom is -0.475 e. The molecule has 1 unspecified atom stereocenters. The number of nitrogens with one attached hydrogen (secondary N) is 1. The topological polar surface area (TPSA) is 87.6 Å². The quantitative estimate of drug-likeness (QED) is 0.781. The summed E-state index contributed by atoms with van der Waals surface area (Å²) < 4.78 is 38.0. The number of carboxylic acid groups (broad SMARTS) is 1. The number of aromatic nitrogens is 2. The molecule has 162 valence electrons. The number of halogens is 3. The van der Waals surface area contributed by atoms with E-state index in [1.54, 1.807) is 0 Å². The maximum atomic E-state index is 10.6. The zero-order chi connectivity index (χ0) is 21.6. The van der Waals surface area contributed by atoms with Crippen LogP contribution in [0.1, 0.15) is 19.3 Å². The average Bonchev–Trinajstić information content (AvgIpc) is 3.11. The molecule has 1 spiro atoms. The highest BCUT2D eigenvalue weighted by Gasteiger charge is 2.42. The van der Waals surface area contributed by atoms with Gasteiger partial charge in [0.1, 0.15) is 5.82 Å². The normalized spacial score (nSPS) is 20.4. The van der Waals surface area contributed by atoms with Crippen molar-refractivity contribution in [1.29, 1.82) is 0 Å². The number of anilines is 2. The minimum atomic E-state index is -5.08. The molecule has 0 amide bonds. The van der Waals surface area contributed by atoms with Crippen LogP contribution in [0.3, 0.4) is 0 Å². The highest BCUT2D eigenvalue weighted by Crippen LogP contribution is 2.37. The number of pyridine rings is 2. The fraction of sp³-hybridized carbons (Fsp3) is 0.450. The summed E-state index contributed by atoms with van der Waals surface area (Å²) in [5, 5.41) is 10.6. The van der Waals surface area contributed by atoms with Gasteiger partial charge in [0.15, 0.2) is 0 Å². The first kappa shape index (κ1) is 21.8. The van der Waals surface area contributed by atoms with Crippen molar-refractivity contribution in [3.8, 4) is 0 Å². The van der Waals surface area contributed by atoms with Gasteiger partial charge in [0, 0.05) is 25.5 Å². The second kappa shape index (κ2) is 9.29. The Labute approximate surface area is 171 Å². The SMILES string of the molecule is O=C(O)C(F)(F)F.c1ccc(NC2COC3(CCN(c4cccnc4)CC3)C2)nc1. The number of rotatable bonds is 3.